The number of nitrogens with zero attached hydrogens (tertiary/aromatic N) is 1. The van der Waals surface area contributed by atoms with E-state index in [0.29, 0.717) is 12.7 Å². The predicted octanol–water partition coefficient (Wildman–Crippen LogP) is 2.05. The Kier molecular flexibility index (Phi) is 3.01. The van der Waals surface area contributed by atoms with Crippen LogP contribution in [0, 0.1) is 5.92 Å². The van der Waals surface area contributed by atoms with Crippen LogP contribution in [0.4, 0.5) is 5.69 Å². The fourth-order valence-corrected chi connectivity index (χ4v) is 1.51. The van der Waals surface area contributed by atoms with E-state index >= 15 is 0 Å². The van der Waals surface area contributed by atoms with E-state index in [2.05, 4.69) is 6.92 Å². The van der Waals surface area contributed by atoms with Crippen LogP contribution in [0.1, 0.15) is 6.92 Å². The maximum atomic E-state index is 5.47. The zero-order chi connectivity index (χ0) is 9.80. The summed E-state index contributed by atoms with van der Waals surface area (Å²) >= 11 is 0. The van der Waals surface area contributed by atoms with E-state index in [1.54, 1.807) is 0 Å². The van der Waals surface area contributed by atoms with Crippen molar-refractivity contribution in [3.8, 4) is 0 Å². The molecule has 0 radical (unpaired) electrons. The summed E-state index contributed by atoms with van der Waals surface area (Å²) in [6.45, 7) is 4.15. The van der Waals surface area contributed by atoms with Crippen LogP contribution in [-0.2, 0) is 9.57 Å². The first-order valence-electron chi connectivity index (χ1n) is 4.89. The summed E-state index contributed by atoms with van der Waals surface area (Å²) in [6, 6.07) is 10.1. The molecular formula is C11H15NO2. The second kappa shape index (κ2) is 4.44. The van der Waals surface area contributed by atoms with Gasteiger partial charge in [-0.1, -0.05) is 25.1 Å². The smallest absolute Gasteiger partial charge is 0.173 e. The minimum absolute atomic E-state index is 0.346. The van der Waals surface area contributed by atoms with E-state index in [9.17, 15) is 0 Å². The summed E-state index contributed by atoms with van der Waals surface area (Å²) in [5, 5.41) is 1.90. The van der Waals surface area contributed by atoms with E-state index in [1.807, 2.05) is 35.4 Å². The Bertz CT molecular complexity index is 276. The van der Waals surface area contributed by atoms with Crippen molar-refractivity contribution in [1.29, 1.82) is 0 Å². The zero-order valence-corrected chi connectivity index (χ0v) is 8.35. The molecular weight excluding hydrogens is 178 g/mol. The number of para-hydroxylation sites is 1. The number of ether oxygens (including phenoxy) is 1. The molecule has 0 amide bonds. The van der Waals surface area contributed by atoms with Crippen molar-refractivity contribution in [3.63, 3.8) is 0 Å². The van der Waals surface area contributed by atoms with Crippen LogP contribution >= 0.6 is 0 Å². The average molecular weight is 193 g/mol. The van der Waals surface area contributed by atoms with Crippen molar-refractivity contribution in [2.75, 3.05) is 25.0 Å². The molecule has 0 N–H and O–H groups in total. The highest BCUT2D eigenvalue weighted by Gasteiger charge is 2.15. The van der Waals surface area contributed by atoms with Gasteiger partial charge in [0.2, 0.25) is 0 Å². The molecule has 14 heavy (non-hydrogen) atoms. The maximum absolute atomic E-state index is 5.47. The molecule has 1 unspecified atom stereocenters. The molecule has 1 aromatic rings. The monoisotopic (exact) mass is 193 g/mol. The van der Waals surface area contributed by atoms with Crippen LogP contribution in [0.2, 0.25) is 0 Å². The second-order valence-electron chi connectivity index (χ2n) is 3.62. The van der Waals surface area contributed by atoms with E-state index in [4.69, 9.17) is 9.57 Å². The lowest BCUT2D eigenvalue weighted by atomic mass is 10.2. The van der Waals surface area contributed by atoms with Crippen LogP contribution in [-0.4, -0.2) is 19.9 Å². The molecule has 1 aromatic carbocycles. The summed E-state index contributed by atoms with van der Waals surface area (Å²) in [5.74, 6) is 0.498. The molecule has 0 aliphatic carbocycles. The van der Waals surface area contributed by atoms with E-state index in [1.165, 1.54) is 0 Å². The molecule has 2 rings (SSSR count). The number of hydroxylamine groups is 1. The first-order valence-corrected chi connectivity index (χ1v) is 4.89. The minimum Gasteiger partial charge on any atom is -0.353 e. The summed E-state index contributed by atoms with van der Waals surface area (Å²) in [5.41, 5.74) is 1.09. The van der Waals surface area contributed by atoms with Crippen molar-refractivity contribution < 1.29 is 9.57 Å². The highest BCUT2D eigenvalue weighted by Crippen LogP contribution is 2.17. The molecule has 0 bridgehead atoms. The number of hydrogen-bond donors (Lipinski definition) is 0. The van der Waals surface area contributed by atoms with Crippen molar-refractivity contribution in [2.45, 2.75) is 6.92 Å². The Morgan fingerprint density at radius 1 is 1.29 bits per heavy atom. The van der Waals surface area contributed by atoms with Crippen LogP contribution in [0.25, 0.3) is 0 Å². The summed E-state index contributed by atoms with van der Waals surface area (Å²) in [6.07, 6.45) is 0. The lowest BCUT2D eigenvalue weighted by Crippen LogP contribution is -2.26. The van der Waals surface area contributed by atoms with Gasteiger partial charge in [0.15, 0.2) is 6.79 Å². The Labute approximate surface area is 84.2 Å². The first-order chi connectivity index (χ1) is 6.86. The molecule has 3 nitrogen and oxygen atoms in total. The Morgan fingerprint density at radius 2 is 2.07 bits per heavy atom. The lowest BCUT2D eigenvalue weighted by molar-refractivity contribution is -0.0456. The fourth-order valence-electron chi connectivity index (χ4n) is 1.51. The van der Waals surface area contributed by atoms with Gasteiger partial charge in [-0.25, -0.2) is 4.84 Å². The highest BCUT2D eigenvalue weighted by atomic mass is 16.8. The molecule has 0 saturated carbocycles. The molecule has 3 heteroatoms. The van der Waals surface area contributed by atoms with Gasteiger partial charge in [0, 0.05) is 0 Å². The molecule has 1 heterocycles. The first kappa shape index (κ1) is 9.49. The van der Waals surface area contributed by atoms with Gasteiger partial charge in [-0.2, -0.15) is 0 Å². The Morgan fingerprint density at radius 3 is 2.86 bits per heavy atom. The van der Waals surface area contributed by atoms with Gasteiger partial charge in [0.05, 0.1) is 18.8 Å². The third-order valence-electron chi connectivity index (χ3n) is 2.22. The minimum atomic E-state index is 0.346. The van der Waals surface area contributed by atoms with Gasteiger partial charge < -0.3 is 4.74 Å². The largest absolute Gasteiger partial charge is 0.353 e. The Balaban J connectivity index is 2.09. The third kappa shape index (κ3) is 2.25. The maximum Gasteiger partial charge on any atom is 0.173 e. The molecule has 1 fully saturated rings. The average Bonchev–Trinajstić information content (AvgIpc) is 2.44. The van der Waals surface area contributed by atoms with Crippen LogP contribution in [0.15, 0.2) is 30.3 Å². The normalized spacial score (nSPS) is 23.2. The predicted molar refractivity (Wildman–Crippen MR) is 54.9 cm³/mol. The number of rotatable bonds is 1. The van der Waals surface area contributed by atoms with Crippen molar-refractivity contribution in [1.82, 2.24) is 0 Å². The Hall–Kier alpha value is -1.06. The van der Waals surface area contributed by atoms with Gasteiger partial charge in [0.1, 0.15) is 0 Å². The van der Waals surface area contributed by atoms with E-state index in [0.717, 1.165) is 18.8 Å². The van der Waals surface area contributed by atoms with Gasteiger partial charge in [-0.05, 0) is 18.1 Å². The zero-order valence-electron chi connectivity index (χ0n) is 8.35. The van der Waals surface area contributed by atoms with Crippen molar-refractivity contribution in [3.05, 3.63) is 30.3 Å². The second-order valence-corrected chi connectivity index (χ2v) is 3.62. The fraction of sp³-hybridized carbons (Fsp3) is 0.455. The van der Waals surface area contributed by atoms with Gasteiger partial charge in [-0.3, -0.25) is 5.06 Å². The SMILES string of the molecule is CC1COCON(c2ccccc2)C1. The van der Waals surface area contributed by atoms with Crippen LogP contribution in [0.3, 0.4) is 0 Å². The highest BCUT2D eigenvalue weighted by molar-refractivity contribution is 5.43. The van der Waals surface area contributed by atoms with Gasteiger partial charge in [-0.15, -0.1) is 0 Å². The van der Waals surface area contributed by atoms with Crippen molar-refractivity contribution in [2.24, 2.45) is 5.92 Å². The molecule has 1 saturated heterocycles. The number of hydrogen-bond acceptors (Lipinski definition) is 3. The van der Waals surface area contributed by atoms with Gasteiger partial charge in [0.25, 0.3) is 0 Å². The summed E-state index contributed by atoms with van der Waals surface area (Å²) < 4.78 is 5.29. The summed E-state index contributed by atoms with van der Waals surface area (Å²) in [7, 11) is 0. The van der Waals surface area contributed by atoms with Crippen molar-refractivity contribution >= 4 is 5.69 Å². The standard InChI is InChI=1S/C11H15NO2/c1-10-7-12(14-9-13-8-10)11-5-3-2-4-6-11/h2-6,10H,7-9H2,1H3. The van der Waals surface area contributed by atoms with Crippen LogP contribution in [0.5, 0.6) is 0 Å². The number of anilines is 1. The summed E-state index contributed by atoms with van der Waals surface area (Å²) in [4.78, 5) is 5.47. The molecule has 0 aromatic heterocycles. The van der Waals surface area contributed by atoms with E-state index < -0.39 is 0 Å². The molecule has 1 aliphatic heterocycles. The third-order valence-corrected chi connectivity index (χ3v) is 2.22. The van der Waals surface area contributed by atoms with E-state index in [-0.39, 0.29) is 0 Å². The molecule has 76 valence electrons. The quantitative estimate of drug-likeness (QED) is 0.681. The lowest BCUT2D eigenvalue weighted by Gasteiger charge is -2.22. The van der Waals surface area contributed by atoms with Crippen LogP contribution < -0.4 is 5.06 Å². The van der Waals surface area contributed by atoms with Gasteiger partial charge >= 0.3 is 0 Å². The molecule has 1 aliphatic rings. The number of benzene rings is 1. The molecule has 0 spiro atoms. The molecule has 1 atom stereocenters. The topological polar surface area (TPSA) is 21.7 Å².